The lowest BCUT2D eigenvalue weighted by Gasteiger charge is -2.03. The normalized spacial score (nSPS) is 14.4. The summed E-state index contributed by atoms with van der Waals surface area (Å²) in [6, 6.07) is 0. The number of hydrogen-bond donors (Lipinski definition) is 1. The third-order valence-corrected chi connectivity index (χ3v) is 5.68. The standard InChI is InChI=1S/C21H39NOS/c1-2-3-4-5-6-7-8-9-10-11-12-13-14-15-16-17-21(23)22-24-20-18-19-20/h9-10,20H,2-8,11-19H2,1H3,(H,22,23)/b10-9-. The monoisotopic (exact) mass is 353 g/mol. The molecule has 0 aromatic heterocycles. The summed E-state index contributed by atoms with van der Waals surface area (Å²) in [5.41, 5.74) is 0. The smallest absolute Gasteiger partial charge is 0.229 e. The first-order valence-corrected chi connectivity index (χ1v) is 11.3. The summed E-state index contributed by atoms with van der Waals surface area (Å²) in [7, 11) is 0. The molecule has 1 aliphatic carbocycles. The zero-order valence-electron chi connectivity index (χ0n) is 15.9. The summed E-state index contributed by atoms with van der Waals surface area (Å²) in [6.07, 6.45) is 25.0. The second-order valence-corrected chi connectivity index (χ2v) is 8.28. The summed E-state index contributed by atoms with van der Waals surface area (Å²) in [5, 5.41) is 0.711. The lowest BCUT2D eigenvalue weighted by molar-refractivity contribution is -0.119. The Kier molecular flexibility index (Phi) is 14.4. The molecule has 0 aromatic rings. The molecular formula is C21H39NOS. The van der Waals surface area contributed by atoms with E-state index in [9.17, 15) is 4.79 Å². The van der Waals surface area contributed by atoms with Crippen LogP contribution in [0.2, 0.25) is 0 Å². The molecule has 0 radical (unpaired) electrons. The molecule has 1 aliphatic rings. The van der Waals surface area contributed by atoms with Crippen LogP contribution in [0.3, 0.4) is 0 Å². The number of carbonyl (C=O) groups excluding carboxylic acids is 1. The van der Waals surface area contributed by atoms with Gasteiger partial charge in [-0.15, -0.1) is 0 Å². The number of amides is 1. The van der Waals surface area contributed by atoms with E-state index in [1.54, 1.807) is 11.9 Å². The van der Waals surface area contributed by atoms with Crippen LogP contribution in [0.15, 0.2) is 12.2 Å². The van der Waals surface area contributed by atoms with Gasteiger partial charge in [-0.3, -0.25) is 9.52 Å². The number of allylic oxidation sites excluding steroid dienone is 2. The Balaban J connectivity index is 1.72. The predicted molar refractivity (Wildman–Crippen MR) is 108 cm³/mol. The minimum absolute atomic E-state index is 0.226. The van der Waals surface area contributed by atoms with E-state index in [2.05, 4.69) is 23.8 Å². The number of nitrogens with one attached hydrogen (secondary N) is 1. The Morgan fingerprint density at radius 3 is 2.00 bits per heavy atom. The first-order chi connectivity index (χ1) is 11.8. The SMILES string of the molecule is CCCCCCCC/C=C\CCCCCCCC(=O)NSC1CC1. The molecular weight excluding hydrogens is 314 g/mol. The van der Waals surface area contributed by atoms with Crippen LogP contribution in [0.5, 0.6) is 0 Å². The van der Waals surface area contributed by atoms with Gasteiger partial charge in [0.15, 0.2) is 0 Å². The van der Waals surface area contributed by atoms with Crippen LogP contribution in [0.25, 0.3) is 0 Å². The van der Waals surface area contributed by atoms with Crippen LogP contribution in [-0.4, -0.2) is 11.2 Å². The highest BCUT2D eigenvalue weighted by Gasteiger charge is 2.22. The highest BCUT2D eigenvalue weighted by Crippen LogP contribution is 2.31. The van der Waals surface area contributed by atoms with Gasteiger partial charge in [-0.2, -0.15) is 0 Å². The molecule has 1 amide bonds. The first kappa shape index (κ1) is 21.6. The molecule has 2 nitrogen and oxygen atoms in total. The minimum atomic E-state index is 0.226. The lowest BCUT2D eigenvalue weighted by atomic mass is 10.1. The summed E-state index contributed by atoms with van der Waals surface area (Å²) in [4.78, 5) is 11.6. The highest BCUT2D eigenvalue weighted by atomic mass is 32.2. The van der Waals surface area contributed by atoms with Gasteiger partial charge in [0.05, 0.1) is 0 Å². The molecule has 140 valence electrons. The van der Waals surface area contributed by atoms with Crippen molar-refractivity contribution >= 4 is 17.9 Å². The zero-order chi connectivity index (χ0) is 17.3. The fraction of sp³-hybridized carbons (Fsp3) is 0.857. The molecule has 1 saturated carbocycles. The summed E-state index contributed by atoms with van der Waals surface area (Å²) >= 11 is 1.63. The van der Waals surface area contributed by atoms with Gasteiger partial charge in [0.2, 0.25) is 5.91 Å². The Bertz CT molecular complexity index is 326. The molecule has 0 heterocycles. The molecule has 0 atom stereocenters. The van der Waals surface area contributed by atoms with Gasteiger partial charge in [0.25, 0.3) is 0 Å². The van der Waals surface area contributed by atoms with Gasteiger partial charge in [-0.25, -0.2) is 0 Å². The van der Waals surface area contributed by atoms with Crippen molar-refractivity contribution in [3.05, 3.63) is 12.2 Å². The van der Waals surface area contributed by atoms with E-state index < -0.39 is 0 Å². The molecule has 0 bridgehead atoms. The van der Waals surface area contributed by atoms with E-state index in [4.69, 9.17) is 0 Å². The van der Waals surface area contributed by atoms with Crippen molar-refractivity contribution in [3.8, 4) is 0 Å². The molecule has 3 heteroatoms. The average Bonchev–Trinajstić information content (AvgIpc) is 3.41. The third-order valence-electron chi connectivity index (χ3n) is 4.53. The first-order valence-electron chi connectivity index (χ1n) is 10.4. The quantitative estimate of drug-likeness (QED) is 0.174. The van der Waals surface area contributed by atoms with Crippen molar-refractivity contribution in [3.63, 3.8) is 0 Å². The Hall–Kier alpha value is -0.440. The van der Waals surface area contributed by atoms with E-state index in [0.717, 1.165) is 6.42 Å². The summed E-state index contributed by atoms with van der Waals surface area (Å²) in [6.45, 7) is 2.27. The van der Waals surface area contributed by atoms with E-state index in [1.165, 1.54) is 89.9 Å². The van der Waals surface area contributed by atoms with Gasteiger partial charge >= 0.3 is 0 Å². The van der Waals surface area contributed by atoms with Gasteiger partial charge in [-0.05, 0) is 56.9 Å². The van der Waals surface area contributed by atoms with Gasteiger partial charge in [0.1, 0.15) is 0 Å². The van der Waals surface area contributed by atoms with Gasteiger partial charge < -0.3 is 0 Å². The molecule has 0 spiro atoms. The van der Waals surface area contributed by atoms with Crippen LogP contribution in [0, 0.1) is 0 Å². The van der Waals surface area contributed by atoms with Crippen molar-refractivity contribution in [1.29, 1.82) is 0 Å². The minimum Gasteiger partial charge on any atom is -0.300 e. The van der Waals surface area contributed by atoms with Crippen molar-refractivity contribution in [2.24, 2.45) is 0 Å². The number of carbonyl (C=O) groups is 1. The maximum atomic E-state index is 11.6. The summed E-state index contributed by atoms with van der Waals surface area (Å²) < 4.78 is 2.96. The molecule has 1 fully saturated rings. The Labute approximate surface area is 154 Å². The van der Waals surface area contributed by atoms with E-state index in [1.807, 2.05) is 0 Å². The van der Waals surface area contributed by atoms with Crippen molar-refractivity contribution < 1.29 is 4.79 Å². The van der Waals surface area contributed by atoms with E-state index >= 15 is 0 Å². The maximum Gasteiger partial charge on any atom is 0.229 e. The molecule has 0 saturated heterocycles. The van der Waals surface area contributed by atoms with E-state index in [-0.39, 0.29) is 5.91 Å². The number of hydrogen-bond acceptors (Lipinski definition) is 2. The molecule has 0 aliphatic heterocycles. The lowest BCUT2D eigenvalue weighted by Crippen LogP contribution is -2.15. The van der Waals surface area contributed by atoms with Crippen LogP contribution in [-0.2, 0) is 4.79 Å². The van der Waals surface area contributed by atoms with E-state index in [0.29, 0.717) is 11.7 Å². The molecule has 1 rings (SSSR count). The number of rotatable bonds is 17. The maximum absolute atomic E-state index is 11.6. The molecule has 0 unspecified atom stereocenters. The third kappa shape index (κ3) is 15.1. The topological polar surface area (TPSA) is 29.1 Å². The summed E-state index contributed by atoms with van der Waals surface area (Å²) in [5.74, 6) is 0.226. The fourth-order valence-corrected chi connectivity index (χ4v) is 3.51. The molecule has 24 heavy (non-hydrogen) atoms. The van der Waals surface area contributed by atoms with Crippen molar-refractivity contribution in [2.45, 2.75) is 115 Å². The van der Waals surface area contributed by atoms with Crippen LogP contribution in [0.1, 0.15) is 110 Å². The van der Waals surface area contributed by atoms with Crippen molar-refractivity contribution in [2.75, 3.05) is 0 Å². The van der Waals surface area contributed by atoms with Crippen LogP contribution >= 0.6 is 11.9 Å². The van der Waals surface area contributed by atoms with Gasteiger partial charge in [-0.1, -0.05) is 70.4 Å². The van der Waals surface area contributed by atoms with Crippen LogP contribution in [0.4, 0.5) is 0 Å². The predicted octanol–water partition coefficient (Wildman–Crippen LogP) is 6.95. The Morgan fingerprint density at radius 1 is 0.875 bits per heavy atom. The Morgan fingerprint density at radius 2 is 1.42 bits per heavy atom. The molecule has 1 N–H and O–H groups in total. The average molecular weight is 354 g/mol. The second kappa shape index (κ2) is 16.1. The molecule has 0 aromatic carbocycles. The van der Waals surface area contributed by atoms with Gasteiger partial charge in [0, 0.05) is 11.7 Å². The fourth-order valence-electron chi connectivity index (χ4n) is 2.74. The zero-order valence-corrected chi connectivity index (χ0v) is 16.7. The highest BCUT2D eigenvalue weighted by molar-refractivity contribution is 7.98. The van der Waals surface area contributed by atoms with Crippen LogP contribution < -0.4 is 4.72 Å². The largest absolute Gasteiger partial charge is 0.300 e. The number of unbranched alkanes of at least 4 members (excludes halogenated alkanes) is 11. The van der Waals surface area contributed by atoms with Crippen molar-refractivity contribution in [1.82, 2.24) is 4.72 Å². The second-order valence-electron chi connectivity index (χ2n) is 7.18.